The van der Waals surface area contributed by atoms with Crippen molar-refractivity contribution in [3.8, 4) is 0 Å². The van der Waals surface area contributed by atoms with E-state index in [-0.39, 0.29) is 24.0 Å². The molecule has 1 aromatic heterocycles. The van der Waals surface area contributed by atoms with Crippen molar-refractivity contribution in [2.45, 2.75) is 54.0 Å². The Bertz CT molecular complexity index is 427. The van der Waals surface area contributed by atoms with Gasteiger partial charge in [0.25, 0.3) is 0 Å². The van der Waals surface area contributed by atoms with Gasteiger partial charge in [-0.2, -0.15) is 0 Å². The summed E-state index contributed by atoms with van der Waals surface area (Å²) in [6.07, 6.45) is 2.41. The Morgan fingerprint density at radius 3 is 2.33 bits per heavy atom. The molecule has 1 rings (SSSR count). The zero-order chi connectivity index (χ0) is 15.0. The van der Waals surface area contributed by atoms with Crippen LogP contribution in [0.25, 0.3) is 0 Å². The van der Waals surface area contributed by atoms with Crippen molar-refractivity contribution in [1.29, 1.82) is 0 Å². The SMILES string of the molecule is CCNC(=NCc1sc(C)nc1C)NCC(CC)CC.I. The maximum atomic E-state index is 4.66. The molecule has 0 atom stereocenters. The number of nitrogens with zero attached hydrogens (tertiary/aromatic N) is 2. The molecule has 0 aromatic carbocycles. The normalized spacial score (nSPS) is 11.4. The molecule has 0 saturated carbocycles. The maximum Gasteiger partial charge on any atom is 0.191 e. The van der Waals surface area contributed by atoms with Crippen LogP contribution in [0.15, 0.2) is 4.99 Å². The van der Waals surface area contributed by atoms with Gasteiger partial charge in [0.05, 0.1) is 17.2 Å². The van der Waals surface area contributed by atoms with E-state index in [4.69, 9.17) is 0 Å². The van der Waals surface area contributed by atoms with Crippen LogP contribution in [0.5, 0.6) is 0 Å². The second kappa shape index (κ2) is 11.2. The first-order chi connectivity index (χ1) is 9.60. The number of aryl methyl sites for hydroxylation is 2. The standard InChI is InChI=1S/C15H28N4S.HI/c1-6-13(7-2)9-17-15(16-8-3)18-10-14-11(4)19-12(5)20-14;/h13H,6-10H2,1-5H3,(H2,16,17,18);1H. The molecule has 0 spiro atoms. The highest BCUT2D eigenvalue weighted by atomic mass is 127. The molecular weight excluding hydrogens is 395 g/mol. The van der Waals surface area contributed by atoms with Crippen molar-refractivity contribution in [2.75, 3.05) is 13.1 Å². The fraction of sp³-hybridized carbons (Fsp3) is 0.733. The van der Waals surface area contributed by atoms with Gasteiger partial charge >= 0.3 is 0 Å². The van der Waals surface area contributed by atoms with Crippen molar-refractivity contribution in [1.82, 2.24) is 15.6 Å². The summed E-state index contributed by atoms with van der Waals surface area (Å²) in [6, 6.07) is 0. The van der Waals surface area contributed by atoms with Crippen LogP contribution in [0.3, 0.4) is 0 Å². The van der Waals surface area contributed by atoms with E-state index in [1.807, 2.05) is 6.92 Å². The molecule has 0 aliphatic carbocycles. The molecule has 1 heterocycles. The summed E-state index contributed by atoms with van der Waals surface area (Å²) < 4.78 is 0. The van der Waals surface area contributed by atoms with E-state index < -0.39 is 0 Å². The minimum absolute atomic E-state index is 0. The van der Waals surface area contributed by atoms with Crippen molar-refractivity contribution >= 4 is 41.3 Å². The first kappa shape index (κ1) is 20.6. The molecule has 122 valence electrons. The van der Waals surface area contributed by atoms with Crippen LogP contribution in [-0.2, 0) is 6.54 Å². The lowest BCUT2D eigenvalue weighted by Crippen LogP contribution is -2.39. The first-order valence-corrected chi connectivity index (χ1v) is 8.37. The van der Waals surface area contributed by atoms with Gasteiger partial charge in [-0.05, 0) is 26.7 Å². The van der Waals surface area contributed by atoms with Crippen molar-refractivity contribution in [3.05, 3.63) is 15.6 Å². The molecule has 0 aliphatic rings. The number of aromatic nitrogens is 1. The van der Waals surface area contributed by atoms with Gasteiger partial charge in [-0.3, -0.25) is 0 Å². The molecule has 0 fully saturated rings. The van der Waals surface area contributed by atoms with Gasteiger partial charge in [0.2, 0.25) is 0 Å². The topological polar surface area (TPSA) is 49.3 Å². The van der Waals surface area contributed by atoms with Crippen LogP contribution in [0.1, 0.15) is 49.2 Å². The smallest absolute Gasteiger partial charge is 0.191 e. The number of thiazole rings is 1. The lowest BCUT2D eigenvalue weighted by Gasteiger charge is -2.16. The summed E-state index contributed by atoms with van der Waals surface area (Å²) in [4.78, 5) is 10.4. The molecule has 0 saturated heterocycles. The van der Waals surface area contributed by atoms with Gasteiger partial charge in [-0.1, -0.05) is 26.7 Å². The highest BCUT2D eigenvalue weighted by molar-refractivity contribution is 14.0. The Kier molecular flexibility index (Phi) is 11.0. The quantitative estimate of drug-likeness (QED) is 0.397. The Morgan fingerprint density at radius 2 is 1.86 bits per heavy atom. The highest BCUT2D eigenvalue weighted by Gasteiger charge is 2.07. The van der Waals surface area contributed by atoms with E-state index in [0.29, 0.717) is 12.5 Å². The number of rotatable bonds is 7. The highest BCUT2D eigenvalue weighted by Crippen LogP contribution is 2.17. The van der Waals surface area contributed by atoms with Crippen molar-refractivity contribution in [3.63, 3.8) is 0 Å². The minimum Gasteiger partial charge on any atom is -0.357 e. The third kappa shape index (κ3) is 7.44. The van der Waals surface area contributed by atoms with Crippen LogP contribution in [0.2, 0.25) is 0 Å². The molecule has 1 aromatic rings. The van der Waals surface area contributed by atoms with Gasteiger partial charge in [0.15, 0.2) is 5.96 Å². The second-order valence-corrected chi connectivity index (χ2v) is 6.29. The van der Waals surface area contributed by atoms with E-state index in [2.05, 4.69) is 48.3 Å². The van der Waals surface area contributed by atoms with Crippen molar-refractivity contribution < 1.29 is 0 Å². The maximum absolute atomic E-state index is 4.66. The van der Waals surface area contributed by atoms with Crippen LogP contribution < -0.4 is 10.6 Å². The molecule has 0 amide bonds. The molecule has 0 radical (unpaired) electrons. The number of hydrogen-bond donors (Lipinski definition) is 2. The molecule has 6 heteroatoms. The number of halogens is 1. The summed E-state index contributed by atoms with van der Waals surface area (Å²) in [5, 5.41) is 7.86. The number of guanidine groups is 1. The molecule has 2 N–H and O–H groups in total. The Balaban J connectivity index is 0.00000400. The second-order valence-electron chi connectivity index (χ2n) is 5.00. The lowest BCUT2D eigenvalue weighted by atomic mass is 10.0. The summed E-state index contributed by atoms with van der Waals surface area (Å²) in [5.41, 5.74) is 1.10. The summed E-state index contributed by atoms with van der Waals surface area (Å²) in [7, 11) is 0. The average molecular weight is 424 g/mol. The zero-order valence-corrected chi connectivity index (χ0v) is 17.0. The van der Waals surface area contributed by atoms with Crippen LogP contribution >= 0.6 is 35.3 Å². The van der Waals surface area contributed by atoms with Gasteiger partial charge in [0, 0.05) is 18.0 Å². The summed E-state index contributed by atoms with van der Waals surface area (Å²) in [6.45, 7) is 13.2. The average Bonchev–Trinajstić information content (AvgIpc) is 2.75. The predicted molar refractivity (Wildman–Crippen MR) is 104 cm³/mol. The van der Waals surface area contributed by atoms with E-state index in [1.165, 1.54) is 17.7 Å². The fourth-order valence-corrected chi connectivity index (χ4v) is 2.89. The fourth-order valence-electron chi connectivity index (χ4n) is 2.03. The van der Waals surface area contributed by atoms with E-state index >= 15 is 0 Å². The Hall–Kier alpha value is -0.370. The van der Waals surface area contributed by atoms with Crippen LogP contribution in [0.4, 0.5) is 0 Å². The number of nitrogens with one attached hydrogen (secondary N) is 2. The molecule has 21 heavy (non-hydrogen) atoms. The molecule has 0 unspecified atom stereocenters. The van der Waals surface area contributed by atoms with Crippen LogP contribution in [-0.4, -0.2) is 24.0 Å². The molecular formula is C15H29IN4S. The van der Waals surface area contributed by atoms with Gasteiger partial charge in [-0.25, -0.2) is 9.98 Å². The summed E-state index contributed by atoms with van der Waals surface area (Å²) in [5.74, 6) is 1.62. The number of aliphatic imine (C=N–C) groups is 1. The molecule has 4 nitrogen and oxygen atoms in total. The third-order valence-corrected chi connectivity index (χ3v) is 4.50. The van der Waals surface area contributed by atoms with Gasteiger partial charge < -0.3 is 10.6 Å². The predicted octanol–water partition coefficient (Wildman–Crippen LogP) is 3.87. The van der Waals surface area contributed by atoms with E-state index in [1.54, 1.807) is 11.3 Å². The minimum atomic E-state index is 0. The molecule has 0 bridgehead atoms. The molecule has 0 aliphatic heterocycles. The van der Waals surface area contributed by atoms with Crippen LogP contribution in [0, 0.1) is 19.8 Å². The van der Waals surface area contributed by atoms with E-state index in [9.17, 15) is 0 Å². The zero-order valence-electron chi connectivity index (χ0n) is 13.8. The number of hydrogen-bond acceptors (Lipinski definition) is 3. The lowest BCUT2D eigenvalue weighted by molar-refractivity contribution is 0.481. The van der Waals surface area contributed by atoms with Crippen molar-refractivity contribution in [2.24, 2.45) is 10.9 Å². The van der Waals surface area contributed by atoms with E-state index in [0.717, 1.165) is 29.8 Å². The summed E-state index contributed by atoms with van der Waals surface area (Å²) >= 11 is 1.73. The first-order valence-electron chi connectivity index (χ1n) is 7.55. The van der Waals surface area contributed by atoms with Gasteiger partial charge in [0.1, 0.15) is 0 Å². The monoisotopic (exact) mass is 424 g/mol. The third-order valence-electron chi connectivity index (χ3n) is 3.44. The Labute approximate surface area is 150 Å². The largest absolute Gasteiger partial charge is 0.357 e. The van der Waals surface area contributed by atoms with Gasteiger partial charge in [-0.15, -0.1) is 35.3 Å². The Morgan fingerprint density at radius 1 is 1.19 bits per heavy atom.